The molecule has 82 valence electrons. The SMILES string of the molecule is O=C1CCCC2(CNc3ccccc32)C1=O. The average Bonchev–Trinajstić information content (AvgIpc) is 2.67. The minimum absolute atomic E-state index is 0.198. The normalized spacial score (nSPS) is 28.0. The molecule has 1 aliphatic heterocycles. The number of benzene rings is 1. The molecule has 1 aliphatic carbocycles. The van der Waals surface area contributed by atoms with Crippen LogP contribution >= 0.6 is 0 Å². The van der Waals surface area contributed by atoms with Crippen molar-refractivity contribution in [1.29, 1.82) is 0 Å². The summed E-state index contributed by atoms with van der Waals surface area (Å²) in [4.78, 5) is 23.7. The summed E-state index contributed by atoms with van der Waals surface area (Å²) in [6.07, 6.45) is 2.03. The van der Waals surface area contributed by atoms with E-state index >= 15 is 0 Å². The molecule has 1 aromatic carbocycles. The molecular formula is C13H13NO2. The molecule has 1 heterocycles. The van der Waals surface area contributed by atoms with Gasteiger partial charge in [0.05, 0.1) is 5.41 Å². The summed E-state index contributed by atoms with van der Waals surface area (Å²) in [5.41, 5.74) is 1.45. The Labute approximate surface area is 93.8 Å². The molecule has 3 heteroatoms. The Kier molecular flexibility index (Phi) is 1.90. The first kappa shape index (κ1) is 9.58. The van der Waals surface area contributed by atoms with Crippen molar-refractivity contribution < 1.29 is 9.59 Å². The summed E-state index contributed by atoms with van der Waals surface area (Å²) in [7, 11) is 0. The number of anilines is 1. The van der Waals surface area contributed by atoms with Crippen LogP contribution in [0.25, 0.3) is 0 Å². The molecule has 1 unspecified atom stereocenters. The molecule has 1 N–H and O–H groups in total. The van der Waals surface area contributed by atoms with E-state index < -0.39 is 5.41 Å². The Morgan fingerprint density at radius 1 is 1.19 bits per heavy atom. The lowest BCUT2D eigenvalue weighted by molar-refractivity contribution is -0.141. The highest BCUT2D eigenvalue weighted by molar-refractivity contribution is 6.41. The van der Waals surface area contributed by atoms with Crippen molar-refractivity contribution in [3.8, 4) is 0 Å². The molecule has 0 radical (unpaired) electrons. The number of hydrogen-bond donors (Lipinski definition) is 1. The van der Waals surface area contributed by atoms with Gasteiger partial charge in [0, 0.05) is 18.7 Å². The molecule has 1 atom stereocenters. The van der Waals surface area contributed by atoms with Gasteiger partial charge in [-0.3, -0.25) is 9.59 Å². The van der Waals surface area contributed by atoms with Crippen LogP contribution in [0.4, 0.5) is 5.69 Å². The molecule has 0 bridgehead atoms. The molecule has 1 aromatic rings. The number of ketones is 2. The summed E-state index contributed by atoms with van der Waals surface area (Å²) in [5.74, 6) is -0.402. The van der Waals surface area contributed by atoms with Gasteiger partial charge >= 0.3 is 0 Å². The number of hydrogen-bond acceptors (Lipinski definition) is 3. The van der Waals surface area contributed by atoms with Crippen molar-refractivity contribution in [3.63, 3.8) is 0 Å². The van der Waals surface area contributed by atoms with Crippen LogP contribution in [0.5, 0.6) is 0 Å². The fourth-order valence-corrected chi connectivity index (χ4v) is 2.87. The second kappa shape index (κ2) is 3.17. The zero-order valence-electron chi connectivity index (χ0n) is 8.95. The van der Waals surface area contributed by atoms with E-state index in [4.69, 9.17) is 0 Å². The predicted octanol–water partition coefficient (Wildman–Crippen LogP) is 1.67. The summed E-state index contributed by atoms with van der Waals surface area (Å²) < 4.78 is 0. The van der Waals surface area contributed by atoms with Gasteiger partial charge in [0.2, 0.25) is 5.78 Å². The van der Waals surface area contributed by atoms with E-state index in [0.29, 0.717) is 13.0 Å². The van der Waals surface area contributed by atoms with Gasteiger partial charge in [0.1, 0.15) is 0 Å². The third-order valence-electron chi connectivity index (χ3n) is 3.72. The number of carbonyl (C=O) groups excluding carboxylic acids is 2. The average molecular weight is 215 g/mol. The first-order valence-corrected chi connectivity index (χ1v) is 5.65. The highest BCUT2D eigenvalue weighted by Gasteiger charge is 2.49. The number of carbonyl (C=O) groups is 2. The van der Waals surface area contributed by atoms with Crippen molar-refractivity contribution in [3.05, 3.63) is 29.8 Å². The number of nitrogens with one attached hydrogen (secondary N) is 1. The van der Waals surface area contributed by atoms with Gasteiger partial charge in [0.15, 0.2) is 5.78 Å². The minimum Gasteiger partial charge on any atom is -0.383 e. The van der Waals surface area contributed by atoms with Gasteiger partial charge in [-0.1, -0.05) is 18.2 Å². The molecular weight excluding hydrogens is 202 g/mol. The van der Waals surface area contributed by atoms with Gasteiger partial charge in [0.25, 0.3) is 0 Å². The molecule has 0 saturated heterocycles. The van der Waals surface area contributed by atoms with Gasteiger partial charge in [-0.2, -0.15) is 0 Å². The van der Waals surface area contributed by atoms with Crippen LogP contribution in [0, 0.1) is 0 Å². The predicted molar refractivity (Wildman–Crippen MR) is 60.5 cm³/mol. The Morgan fingerprint density at radius 3 is 2.88 bits per heavy atom. The number of fused-ring (bicyclic) bond motifs is 2. The summed E-state index contributed by atoms with van der Waals surface area (Å²) in [6.45, 7) is 0.580. The van der Waals surface area contributed by atoms with Crippen LogP contribution in [0.3, 0.4) is 0 Å². The lowest BCUT2D eigenvalue weighted by Crippen LogP contribution is -2.45. The zero-order valence-corrected chi connectivity index (χ0v) is 8.95. The Morgan fingerprint density at radius 2 is 2.00 bits per heavy atom. The van der Waals surface area contributed by atoms with E-state index in [1.54, 1.807) is 0 Å². The molecule has 3 nitrogen and oxygen atoms in total. The van der Waals surface area contributed by atoms with Gasteiger partial charge in [-0.05, 0) is 24.5 Å². The van der Waals surface area contributed by atoms with Crippen molar-refractivity contribution in [2.24, 2.45) is 0 Å². The van der Waals surface area contributed by atoms with Crippen LogP contribution in [0.15, 0.2) is 24.3 Å². The zero-order chi connectivity index (χ0) is 11.2. The highest BCUT2D eigenvalue weighted by atomic mass is 16.2. The summed E-state index contributed by atoms with van der Waals surface area (Å²) in [6, 6.07) is 7.81. The molecule has 1 saturated carbocycles. The smallest absolute Gasteiger partial charge is 0.210 e. The number of Topliss-reactive ketones (excluding diaryl/α,β-unsaturated/α-hetero) is 2. The lowest BCUT2D eigenvalue weighted by atomic mass is 9.69. The molecule has 3 rings (SSSR count). The summed E-state index contributed by atoms with van der Waals surface area (Å²) in [5, 5.41) is 3.24. The van der Waals surface area contributed by atoms with Crippen molar-refractivity contribution in [1.82, 2.24) is 0 Å². The van der Waals surface area contributed by atoms with Crippen molar-refractivity contribution in [2.75, 3.05) is 11.9 Å². The van der Waals surface area contributed by atoms with E-state index in [9.17, 15) is 9.59 Å². The van der Waals surface area contributed by atoms with Crippen LogP contribution in [-0.2, 0) is 15.0 Å². The molecule has 0 aromatic heterocycles. The van der Waals surface area contributed by atoms with Gasteiger partial charge in [-0.25, -0.2) is 0 Å². The first-order chi connectivity index (χ1) is 7.74. The largest absolute Gasteiger partial charge is 0.383 e. The topological polar surface area (TPSA) is 46.2 Å². The minimum atomic E-state index is -0.564. The standard InChI is InChI=1S/C13H13NO2/c15-11-6-3-7-13(12(11)16)8-14-10-5-2-1-4-9(10)13/h1-2,4-5,14H,3,6-8H2. The molecule has 2 aliphatic rings. The van der Waals surface area contributed by atoms with E-state index in [1.807, 2.05) is 24.3 Å². The van der Waals surface area contributed by atoms with E-state index in [2.05, 4.69) is 5.32 Å². The molecule has 0 amide bonds. The van der Waals surface area contributed by atoms with Crippen LogP contribution < -0.4 is 5.32 Å². The first-order valence-electron chi connectivity index (χ1n) is 5.65. The Bertz CT molecular complexity index is 477. The van der Waals surface area contributed by atoms with Crippen LogP contribution in [0.1, 0.15) is 24.8 Å². The van der Waals surface area contributed by atoms with E-state index in [0.717, 1.165) is 24.1 Å². The molecule has 16 heavy (non-hydrogen) atoms. The Hall–Kier alpha value is -1.64. The quantitative estimate of drug-likeness (QED) is 0.670. The van der Waals surface area contributed by atoms with Crippen LogP contribution in [0.2, 0.25) is 0 Å². The fourth-order valence-electron chi connectivity index (χ4n) is 2.87. The van der Waals surface area contributed by atoms with Crippen LogP contribution in [-0.4, -0.2) is 18.1 Å². The molecule has 1 spiro atoms. The Balaban J connectivity index is 2.13. The van der Waals surface area contributed by atoms with Gasteiger partial charge in [-0.15, -0.1) is 0 Å². The lowest BCUT2D eigenvalue weighted by Gasteiger charge is -2.30. The van der Waals surface area contributed by atoms with Gasteiger partial charge < -0.3 is 5.32 Å². The summed E-state index contributed by atoms with van der Waals surface area (Å²) >= 11 is 0. The number of rotatable bonds is 0. The maximum Gasteiger partial charge on any atom is 0.210 e. The van der Waals surface area contributed by atoms with E-state index in [-0.39, 0.29) is 11.6 Å². The third-order valence-corrected chi connectivity index (χ3v) is 3.72. The second-order valence-electron chi connectivity index (χ2n) is 4.59. The molecule has 1 fully saturated rings. The maximum absolute atomic E-state index is 12.1. The van der Waals surface area contributed by atoms with Crippen molar-refractivity contribution in [2.45, 2.75) is 24.7 Å². The third kappa shape index (κ3) is 1.08. The van der Waals surface area contributed by atoms with E-state index in [1.165, 1.54) is 0 Å². The monoisotopic (exact) mass is 215 g/mol. The fraction of sp³-hybridized carbons (Fsp3) is 0.385. The second-order valence-corrected chi connectivity index (χ2v) is 4.59. The maximum atomic E-state index is 12.1. The van der Waals surface area contributed by atoms with Crippen molar-refractivity contribution >= 4 is 17.3 Å². The number of para-hydroxylation sites is 1. The highest BCUT2D eigenvalue weighted by Crippen LogP contribution is 2.43.